The van der Waals surface area contributed by atoms with E-state index in [1.807, 2.05) is 19.1 Å². The third kappa shape index (κ3) is 2.38. The molecule has 0 N–H and O–H groups in total. The molecule has 0 saturated carbocycles. The zero-order chi connectivity index (χ0) is 10.6. The molecule has 0 unspecified atom stereocenters. The Hall–Kier alpha value is -1.24. The highest BCUT2D eigenvalue weighted by Crippen LogP contribution is 2.27. The predicted octanol–water partition coefficient (Wildman–Crippen LogP) is 3.55. The zero-order valence-electron chi connectivity index (χ0n) is 9.13. The number of rotatable bonds is 4. The molecule has 1 rings (SSSR count). The van der Waals surface area contributed by atoms with Crippen LogP contribution in [0.5, 0.6) is 5.75 Å². The van der Waals surface area contributed by atoms with Crippen LogP contribution in [-0.2, 0) is 0 Å². The fraction of sp³-hybridized carbons (Fsp3) is 0.385. The van der Waals surface area contributed by atoms with Gasteiger partial charge in [-0.3, -0.25) is 0 Å². The molecule has 75 valence electrons. The van der Waals surface area contributed by atoms with Crippen LogP contribution in [0.4, 0.5) is 0 Å². The Morgan fingerprint density at radius 2 is 2.14 bits per heavy atom. The van der Waals surface area contributed by atoms with Crippen LogP contribution in [0.1, 0.15) is 37.8 Å². The third-order valence-electron chi connectivity index (χ3n) is 2.14. The molecule has 0 aromatic heterocycles. The van der Waals surface area contributed by atoms with Crippen LogP contribution in [0.25, 0.3) is 0 Å². The van der Waals surface area contributed by atoms with Crippen LogP contribution in [0.3, 0.4) is 0 Å². The summed E-state index contributed by atoms with van der Waals surface area (Å²) in [6.07, 6.45) is 2.86. The van der Waals surface area contributed by atoms with Crippen molar-refractivity contribution in [2.75, 3.05) is 6.61 Å². The Morgan fingerprint density at radius 3 is 2.64 bits per heavy atom. The van der Waals surface area contributed by atoms with Crippen LogP contribution in [0.15, 0.2) is 24.8 Å². The standard InChI is InChI=1S/C13H17O/c1-5-11-7-8-12(10(3)4)13(9-11)14-6-2/h7-10H,1,6H2,2-4H3. The van der Waals surface area contributed by atoms with Crippen molar-refractivity contribution in [2.45, 2.75) is 26.7 Å². The molecule has 1 nitrogen and oxygen atoms in total. The first kappa shape index (κ1) is 10.8. The van der Waals surface area contributed by atoms with Gasteiger partial charge in [0.25, 0.3) is 0 Å². The molecule has 1 aromatic rings. The van der Waals surface area contributed by atoms with E-state index in [-0.39, 0.29) is 0 Å². The maximum Gasteiger partial charge on any atom is 0.123 e. The van der Waals surface area contributed by atoms with Gasteiger partial charge in [-0.2, -0.15) is 0 Å². The molecule has 0 aliphatic rings. The normalized spacial score (nSPS) is 10.3. The molecule has 0 spiro atoms. The lowest BCUT2D eigenvalue weighted by molar-refractivity contribution is 0.335. The Balaban J connectivity index is 3.09. The van der Waals surface area contributed by atoms with Gasteiger partial charge in [-0.15, -0.1) is 0 Å². The van der Waals surface area contributed by atoms with Gasteiger partial charge in [-0.05, 0) is 36.1 Å². The molecule has 0 atom stereocenters. The van der Waals surface area contributed by atoms with Gasteiger partial charge in [-0.1, -0.05) is 32.6 Å². The summed E-state index contributed by atoms with van der Waals surface area (Å²) in [6, 6.07) is 6.10. The second kappa shape index (κ2) is 4.85. The van der Waals surface area contributed by atoms with Crippen molar-refractivity contribution in [2.24, 2.45) is 0 Å². The lowest BCUT2D eigenvalue weighted by Crippen LogP contribution is -1.98. The minimum Gasteiger partial charge on any atom is -0.494 e. The number of benzene rings is 1. The quantitative estimate of drug-likeness (QED) is 0.703. The molecular weight excluding hydrogens is 172 g/mol. The van der Waals surface area contributed by atoms with E-state index >= 15 is 0 Å². The van der Waals surface area contributed by atoms with Crippen LogP contribution in [-0.4, -0.2) is 6.61 Å². The van der Waals surface area contributed by atoms with Crippen molar-refractivity contribution in [3.63, 3.8) is 0 Å². The lowest BCUT2D eigenvalue weighted by Gasteiger charge is -2.13. The molecule has 0 aliphatic carbocycles. The molecule has 0 heterocycles. The summed E-state index contributed by atoms with van der Waals surface area (Å²) in [5, 5.41) is 0. The second-order valence-corrected chi connectivity index (χ2v) is 3.52. The smallest absolute Gasteiger partial charge is 0.123 e. The van der Waals surface area contributed by atoms with Crippen molar-refractivity contribution < 1.29 is 4.74 Å². The minimum absolute atomic E-state index is 0.482. The van der Waals surface area contributed by atoms with Crippen LogP contribution in [0.2, 0.25) is 0 Å². The highest BCUT2D eigenvalue weighted by atomic mass is 16.5. The molecule has 0 aliphatic heterocycles. The Bertz CT molecular complexity index is 313. The van der Waals surface area contributed by atoms with Crippen LogP contribution >= 0.6 is 0 Å². The van der Waals surface area contributed by atoms with Gasteiger partial charge in [0.1, 0.15) is 5.75 Å². The molecular formula is C13H17O. The number of hydrogen-bond acceptors (Lipinski definition) is 1. The highest BCUT2D eigenvalue weighted by Gasteiger charge is 2.07. The molecule has 0 bridgehead atoms. The number of ether oxygens (including phenoxy) is 1. The van der Waals surface area contributed by atoms with Gasteiger partial charge < -0.3 is 4.74 Å². The van der Waals surface area contributed by atoms with E-state index in [9.17, 15) is 0 Å². The lowest BCUT2D eigenvalue weighted by atomic mass is 10.0. The van der Waals surface area contributed by atoms with E-state index in [0.717, 1.165) is 11.3 Å². The van der Waals surface area contributed by atoms with Gasteiger partial charge in [0, 0.05) is 0 Å². The first-order valence-electron chi connectivity index (χ1n) is 4.98. The summed E-state index contributed by atoms with van der Waals surface area (Å²) < 4.78 is 5.57. The summed E-state index contributed by atoms with van der Waals surface area (Å²) in [5.41, 5.74) is 2.23. The van der Waals surface area contributed by atoms with Crippen molar-refractivity contribution >= 4 is 0 Å². The molecule has 1 heteroatoms. The summed E-state index contributed by atoms with van der Waals surface area (Å²) in [5.74, 6) is 1.44. The molecule has 1 radical (unpaired) electrons. The zero-order valence-corrected chi connectivity index (χ0v) is 9.13. The monoisotopic (exact) mass is 189 g/mol. The first-order chi connectivity index (χ1) is 6.69. The molecule has 14 heavy (non-hydrogen) atoms. The Kier molecular flexibility index (Phi) is 3.75. The predicted molar refractivity (Wildman–Crippen MR) is 59.7 cm³/mol. The number of hydrogen-bond donors (Lipinski definition) is 0. The van der Waals surface area contributed by atoms with Crippen LogP contribution in [0, 0.1) is 6.08 Å². The molecule has 0 saturated heterocycles. The fourth-order valence-electron chi connectivity index (χ4n) is 1.40. The van der Waals surface area contributed by atoms with Crippen LogP contribution < -0.4 is 4.74 Å². The maximum atomic E-state index is 5.57. The van der Waals surface area contributed by atoms with E-state index in [0.29, 0.717) is 12.5 Å². The SMILES string of the molecule is C=[C]c1ccc(C(C)C)c(OCC)c1. The van der Waals surface area contributed by atoms with Gasteiger partial charge in [0.05, 0.1) is 6.61 Å². The third-order valence-corrected chi connectivity index (χ3v) is 2.14. The Morgan fingerprint density at radius 1 is 1.43 bits per heavy atom. The van der Waals surface area contributed by atoms with E-state index < -0.39 is 0 Å². The van der Waals surface area contributed by atoms with Crippen molar-refractivity contribution in [3.8, 4) is 5.75 Å². The van der Waals surface area contributed by atoms with Gasteiger partial charge in [0.15, 0.2) is 0 Å². The van der Waals surface area contributed by atoms with E-state index in [1.54, 1.807) is 0 Å². The maximum absolute atomic E-state index is 5.57. The minimum atomic E-state index is 0.482. The van der Waals surface area contributed by atoms with Gasteiger partial charge in [0.2, 0.25) is 0 Å². The molecule has 1 aromatic carbocycles. The Labute approximate surface area is 86.4 Å². The van der Waals surface area contributed by atoms with E-state index in [4.69, 9.17) is 4.74 Å². The van der Waals surface area contributed by atoms with E-state index in [2.05, 4.69) is 32.6 Å². The largest absolute Gasteiger partial charge is 0.494 e. The van der Waals surface area contributed by atoms with E-state index in [1.165, 1.54) is 5.56 Å². The van der Waals surface area contributed by atoms with Gasteiger partial charge in [-0.25, -0.2) is 0 Å². The van der Waals surface area contributed by atoms with Crippen molar-refractivity contribution in [3.05, 3.63) is 42.0 Å². The average molecular weight is 189 g/mol. The first-order valence-corrected chi connectivity index (χ1v) is 4.98. The van der Waals surface area contributed by atoms with Crippen molar-refractivity contribution in [1.82, 2.24) is 0 Å². The average Bonchev–Trinajstić information content (AvgIpc) is 2.17. The summed E-state index contributed by atoms with van der Waals surface area (Å²) in [4.78, 5) is 0. The summed E-state index contributed by atoms with van der Waals surface area (Å²) in [7, 11) is 0. The highest BCUT2D eigenvalue weighted by molar-refractivity contribution is 5.41. The topological polar surface area (TPSA) is 9.23 Å². The molecule has 0 fully saturated rings. The van der Waals surface area contributed by atoms with Crippen molar-refractivity contribution in [1.29, 1.82) is 0 Å². The fourth-order valence-corrected chi connectivity index (χ4v) is 1.40. The second-order valence-electron chi connectivity index (χ2n) is 3.52. The molecule has 0 amide bonds. The summed E-state index contributed by atoms with van der Waals surface area (Å²) in [6.45, 7) is 10.6. The van der Waals surface area contributed by atoms with Gasteiger partial charge >= 0.3 is 0 Å². The summed E-state index contributed by atoms with van der Waals surface area (Å²) >= 11 is 0.